The second-order valence-corrected chi connectivity index (χ2v) is 5.23. The number of halogens is 1. The monoisotopic (exact) mass is 268 g/mol. The predicted octanol–water partition coefficient (Wildman–Crippen LogP) is 3.01. The number of carbonyl (C=O) groups is 1. The number of carbonyl (C=O) groups excluding carboxylic acids is 1. The summed E-state index contributed by atoms with van der Waals surface area (Å²) in [4.78, 5) is 15.6. The molecule has 1 aromatic carbocycles. The second kappa shape index (κ2) is 5.79. The van der Waals surface area contributed by atoms with Gasteiger partial charge in [0, 0.05) is 11.6 Å². The lowest BCUT2D eigenvalue weighted by molar-refractivity contribution is -0.113. The topological polar surface area (TPSA) is 42.0 Å². The first-order chi connectivity index (χ1) is 8.25. The van der Waals surface area contributed by atoms with Crippen LogP contribution >= 0.6 is 23.1 Å². The van der Waals surface area contributed by atoms with Crippen molar-refractivity contribution < 1.29 is 9.18 Å². The van der Waals surface area contributed by atoms with Gasteiger partial charge in [0.05, 0.1) is 11.4 Å². The summed E-state index contributed by atoms with van der Waals surface area (Å²) in [5.74, 6) is -0.447. The lowest BCUT2D eigenvalue weighted by Gasteiger charge is -2.04. The van der Waals surface area contributed by atoms with E-state index in [1.54, 1.807) is 18.3 Å². The summed E-state index contributed by atoms with van der Waals surface area (Å²) in [6, 6.07) is 6.09. The molecule has 2 aromatic rings. The molecule has 1 N–H and O–H groups in total. The van der Waals surface area contributed by atoms with E-state index in [4.69, 9.17) is 0 Å². The maximum absolute atomic E-state index is 13.2. The standard InChI is InChI=1S/C11H9FN2OS2/c12-8-3-1-2-4-9(8)14-10(15)7-17-11-13-5-6-16-11/h1-6H,7H2,(H,14,15). The number of rotatable bonds is 4. The van der Waals surface area contributed by atoms with Gasteiger partial charge in [0.1, 0.15) is 10.2 Å². The number of thiazole rings is 1. The quantitative estimate of drug-likeness (QED) is 0.867. The van der Waals surface area contributed by atoms with Gasteiger partial charge in [-0.05, 0) is 12.1 Å². The predicted molar refractivity (Wildman–Crippen MR) is 67.9 cm³/mol. The van der Waals surface area contributed by atoms with E-state index < -0.39 is 5.82 Å². The van der Waals surface area contributed by atoms with Crippen LogP contribution in [0.4, 0.5) is 10.1 Å². The lowest BCUT2D eigenvalue weighted by Crippen LogP contribution is -2.14. The Kier molecular flexibility index (Phi) is 4.11. The minimum Gasteiger partial charge on any atom is -0.323 e. The number of nitrogens with one attached hydrogen (secondary N) is 1. The van der Waals surface area contributed by atoms with Crippen molar-refractivity contribution in [3.8, 4) is 0 Å². The van der Waals surface area contributed by atoms with Gasteiger partial charge in [-0.2, -0.15) is 0 Å². The molecule has 6 heteroatoms. The molecule has 0 aliphatic rings. The summed E-state index contributed by atoms with van der Waals surface area (Å²) in [5.41, 5.74) is 0.206. The van der Waals surface area contributed by atoms with Crippen molar-refractivity contribution in [2.75, 3.05) is 11.1 Å². The summed E-state index contributed by atoms with van der Waals surface area (Å²) in [5, 5.41) is 4.36. The number of anilines is 1. The summed E-state index contributed by atoms with van der Waals surface area (Å²) in [7, 11) is 0. The Morgan fingerprint density at radius 2 is 2.29 bits per heavy atom. The minimum absolute atomic E-state index is 0.206. The van der Waals surface area contributed by atoms with Gasteiger partial charge < -0.3 is 5.32 Å². The second-order valence-electron chi connectivity index (χ2n) is 3.11. The minimum atomic E-state index is -0.430. The van der Waals surface area contributed by atoms with Gasteiger partial charge in [0.2, 0.25) is 5.91 Å². The molecule has 3 nitrogen and oxygen atoms in total. The van der Waals surface area contributed by atoms with E-state index in [9.17, 15) is 9.18 Å². The van der Waals surface area contributed by atoms with Crippen LogP contribution in [0.2, 0.25) is 0 Å². The van der Waals surface area contributed by atoms with Crippen molar-refractivity contribution in [3.05, 3.63) is 41.7 Å². The molecule has 1 heterocycles. The van der Waals surface area contributed by atoms with Gasteiger partial charge in [0.15, 0.2) is 0 Å². The van der Waals surface area contributed by atoms with E-state index in [-0.39, 0.29) is 17.3 Å². The SMILES string of the molecule is O=C(CSc1nccs1)Nc1ccccc1F. The number of hydrogen-bond donors (Lipinski definition) is 1. The summed E-state index contributed by atoms with van der Waals surface area (Å²) in [6.45, 7) is 0. The Balaban J connectivity index is 1.87. The van der Waals surface area contributed by atoms with E-state index in [2.05, 4.69) is 10.3 Å². The van der Waals surface area contributed by atoms with Crippen molar-refractivity contribution in [1.29, 1.82) is 0 Å². The van der Waals surface area contributed by atoms with Crippen molar-refractivity contribution in [1.82, 2.24) is 4.98 Å². The first kappa shape index (κ1) is 12.1. The van der Waals surface area contributed by atoms with Crippen LogP contribution in [0.5, 0.6) is 0 Å². The van der Waals surface area contributed by atoms with Crippen molar-refractivity contribution in [3.63, 3.8) is 0 Å². The number of thioether (sulfide) groups is 1. The molecule has 1 aromatic heterocycles. The molecule has 0 fully saturated rings. The van der Waals surface area contributed by atoms with Crippen LogP contribution in [0.15, 0.2) is 40.2 Å². The van der Waals surface area contributed by atoms with Crippen LogP contribution in [-0.2, 0) is 4.79 Å². The summed E-state index contributed by atoms with van der Waals surface area (Å²) >= 11 is 2.81. The van der Waals surface area contributed by atoms with Crippen molar-refractivity contribution in [2.45, 2.75) is 4.34 Å². The van der Waals surface area contributed by atoms with E-state index in [1.165, 1.54) is 35.2 Å². The fourth-order valence-corrected chi connectivity index (χ4v) is 2.60. The van der Waals surface area contributed by atoms with E-state index >= 15 is 0 Å². The smallest absolute Gasteiger partial charge is 0.234 e. The first-order valence-electron chi connectivity index (χ1n) is 4.82. The third kappa shape index (κ3) is 3.54. The van der Waals surface area contributed by atoms with Gasteiger partial charge in [-0.1, -0.05) is 23.9 Å². The van der Waals surface area contributed by atoms with E-state index in [1.807, 2.05) is 5.38 Å². The molecule has 0 radical (unpaired) electrons. The Morgan fingerprint density at radius 3 is 3.00 bits per heavy atom. The fraction of sp³-hybridized carbons (Fsp3) is 0.0909. The third-order valence-electron chi connectivity index (χ3n) is 1.88. The molecule has 0 bridgehead atoms. The zero-order valence-corrected chi connectivity index (χ0v) is 10.4. The number of amides is 1. The largest absolute Gasteiger partial charge is 0.323 e. The summed E-state index contributed by atoms with van der Waals surface area (Å²) in [6.07, 6.45) is 1.68. The highest BCUT2D eigenvalue weighted by Crippen LogP contribution is 2.20. The lowest BCUT2D eigenvalue weighted by atomic mass is 10.3. The van der Waals surface area contributed by atoms with Gasteiger partial charge in [-0.15, -0.1) is 11.3 Å². The number of nitrogens with zero attached hydrogens (tertiary/aromatic N) is 1. The van der Waals surface area contributed by atoms with Crippen molar-refractivity contribution in [2.24, 2.45) is 0 Å². The highest BCUT2D eigenvalue weighted by Gasteiger charge is 2.07. The number of para-hydroxylation sites is 1. The number of benzene rings is 1. The molecular formula is C11H9FN2OS2. The molecule has 1 amide bonds. The Morgan fingerprint density at radius 1 is 1.47 bits per heavy atom. The molecular weight excluding hydrogens is 259 g/mol. The van der Waals surface area contributed by atoms with Gasteiger partial charge in [-0.25, -0.2) is 9.37 Å². The highest BCUT2D eigenvalue weighted by molar-refractivity contribution is 8.01. The molecule has 0 spiro atoms. The van der Waals surface area contributed by atoms with Crippen LogP contribution in [-0.4, -0.2) is 16.6 Å². The maximum Gasteiger partial charge on any atom is 0.234 e. The van der Waals surface area contributed by atoms with E-state index in [0.717, 1.165) is 4.34 Å². The van der Waals surface area contributed by atoms with Crippen LogP contribution < -0.4 is 5.32 Å². The highest BCUT2D eigenvalue weighted by atomic mass is 32.2. The Labute approximate surface area is 106 Å². The normalized spacial score (nSPS) is 10.2. The van der Waals surface area contributed by atoms with Crippen molar-refractivity contribution >= 4 is 34.7 Å². The van der Waals surface area contributed by atoms with Gasteiger partial charge in [-0.3, -0.25) is 4.79 Å². The molecule has 0 saturated heterocycles. The molecule has 88 valence electrons. The molecule has 0 aliphatic carbocycles. The van der Waals surface area contributed by atoms with E-state index in [0.29, 0.717) is 0 Å². The number of hydrogen-bond acceptors (Lipinski definition) is 4. The molecule has 0 aliphatic heterocycles. The van der Waals surface area contributed by atoms with Crippen LogP contribution in [0.1, 0.15) is 0 Å². The summed E-state index contributed by atoms with van der Waals surface area (Å²) < 4.78 is 14.1. The van der Waals surface area contributed by atoms with Crippen LogP contribution in [0.25, 0.3) is 0 Å². The Bertz CT molecular complexity index is 502. The average molecular weight is 268 g/mol. The number of aromatic nitrogens is 1. The molecule has 17 heavy (non-hydrogen) atoms. The Hall–Kier alpha value is -1.40. The third-order valence-corrected chi connectivity index (χ3v) is 3.85. The molecule has 0 unspecified atom stereocenters. The zero-order valence-electron chi connectivity index (χ0n) is 8.72. The average Bonchev–Trinajstić information content (AvgIpc) is 2.82. The van der Waals surface area contributed by atoms with Gasteiger partial charge >= 0.3 is 0 Å². The molecule has 0 atom stereocenters. The first-order valence-corrected chi connectivity index (χ1v) is 6.69. The van der Waals surface area contributed by atoms with Crippen LogP contribution in [0, 0.1) is 5.82 Å². The molecule has 2 rings (SSSR count). The van der Waals surface area contributed by atoms with Crippen LogP contribution in [0.3, 0.4) is 0 Å². The fourth-order valence-electron chi connectivity index (χ4n) is 1.16. The maximum atomic E-state index is 13.2. The van der Waals surface area contributed by atoms with Gasteiger partial charge in [0.25, 0.3) is 0 Å². The zero-order chi connectivity index (χ0) is 12.1. The molecule has 0 saturated carbocycles.